The predicted molar refractivity (Wildman–Crippen MR) is 251 cm³/mol. The van der Waals surface area contributed by atoms with Crippen LogP contribution in [0.25, 0.3) is 0 Å². The van der Waals surface area contributed by atoms with Crippen LogP contribution in [0.15, 0.2) is 54.6 Å². The van der Waals surface area contributed by atoms with Crippen LogP contribution in [0.1, 0.15) is 50.2 Å². The van der Waals surface area contributed by atoms with Crippen LogP contribution in [0.2, 0.25) is 0 Å². The summed E-state index contributed by atoms with van der Waals surface area (Å²) in [6.45, 7) is 0.919. The Bertz CT molecular complexity index is 2220. The molecule has 0 spiro atoms. The maximum absolute atomic E-state index is 14.4. The highest BCUT2D eigenvalue weighted by atomic mass is 33.1. The monoisotopic (exact) mass is 998 g/mol. The van der Waals surface area contributed by atoms with Gasteiger partial charge in [0.1, 0.15) is 48.0 Å². The third kappa shape index (κ3) is 17.6. The van der Waals surface area contributed by atoms with E-state index in [1.165, 1.54) is 36.1 Å². The van der Waals surface area contributed by atoms with Crippen molar-refractivity contribution in [1.82, 2.24) is 42.1 Å². The van der Waals surface area contributed by atoms with Gasteiger partial charge in [0.2, 0.25) is 65.0 Å². The average molecular weight is 999 g/mol. The Balaban J connectivity index is 1.71. The Morgan fingerprint density at radius 3 is 1.87 bits per heavy atom. The van der Waals surface area contributed by atoms with Crippen molar-refractivity contribution in [2.45, 2.75) is 100 Å². The zero-order valence-corrected chi connectivity index (χ0v) is 39.2. The van der Waals surface area contributed by atoms with E-state index in [4.69, 9.17) is 22.9 Å². The van der Waals surface area contributed by atoms with Crippen LogP contribution >= 0.6 is 21.6 Å². The van der Waals surface area contributed by atoms with E-state index in [0.717, 1.165) is 21.6 Å². The SMILES string of the molecule is CC(NC(=O)[C@@H]1CCCN1C(=O)C1CSSC[C@H](N)C(=O)NC(Cc2ccc(O)cc2)C(=O)N[C@@H](Cc2ccccc2)C(=O)N[C@@H](CCC(N)=O)C(=O)NC(CC(N)=O)C(=O)N1)C(=O)NCC(N)=O. The van der Waals surface area contributed by atoms with Crippen molar-refractivity contribution in [3.8, 4) is 5.75 Å². The second-order valence-electron chi connectivity index (χ2n) is 16.3. The molecule has 2 aromatic carbocycles. The molecule has 0 radical (unpaired) electrons. The van der Waals surface area contributed by atoms with Crippen LogP contribution in [0.5, 0.6) is 5.75 Å². The number of likely N-dealkylation sites (tertiary alicyclic amines) is 1. The highest BCUT2D eigenvalue weighted by Gasteiger charge is 2.40. The molecule has 0 aliphatic carbocycles. The number of hydrogen-bond donors (Lipinski definition) is 12. The molecular weight excluding hydrogens is 941 g/mol. The molecule has 8 atom stereocenters. The Morgan fingerprint density at radius 2 is 1.26 bits per heavy atom. The number of primary amides is 3. The molecule has 11 amide bonds. The van der Waals surface area contributed by atoms with E-state index in [-0.39, 0.29) is 43.1 Å². The summed E-state index contributed by atoms with van der Waals surface area (Å²) in [5.41, 5.74) is 23.4. The summed E-state index contributed by atoms with van der Waals surface area (Å²) in [7, 11) is 2.02. The van der Waals surface area contributed by atoms with Crippen LogP contribution in [0.4, 0.5) is 0 Å². The van der Waals surface area contributed by atoms with Crippen molar-refractivity contribution in [2.24, 2.45) is 22.9 Å². The zero-order valence-electron chi connectivity index (χ0n) is 37.6. The van der Waals surface area contributed by atoms with Crippen molar-refractivity contribution in [3.05, 3.63) is 65.7 Å². The first-order chi connectivity index (χ1) is 32.7. The summed E-state index contributed by atoms with van der Waals surface area (Å²) in [5, 5.41) is 27.4. The van der Waals surface area contributed by atoms with E-state index >= 15 is 0 Å². The minimum atomic E-state index is -1.77. The molecule has 2 aromatic rings. The van der Waals surface area contributed by atoms with Crippen molar-refractivity contribution in [3.63, 3.8) is 0 Å². The van der Waals surface area contributed by atoms with Gasteiger partial charge in [-0.2, -0.15) is 0 Å². The van der Waals surface area contributed by atoms with Gasteiger partial charge >= 0.3 is 0 Å². The Labute approximate surface area is 404 Å². The number of nitrogens with zero attached hydrogens (tertiary/aromatic N) is 1. The molecule has 16 N–H and O–H groups in total. The van der Waals surface area contributed by atoms with E-state index in [1.807, 2.05) is 0 Å². The molecule has 0 saturated carbocycles. The third-order valence-electron chi connectivity index (χ3n) is 10.8. The average Bonchev–Trinajstić information content (AvgIpc) is 3.80. The number of aromatic hydroxyl groups is 1. The molecule has 2 aliphatic heterocycles. The molecular formula is C43H58N12O12S2. The molecule has 26 heteroatoms. The number of nitrogens with two attached hydrogens (primary N) is 4. The van der Waals surface area contributed by atoms with Gasteiger partial charge < -0.3 is 70.2 Å². The second-order valence-corrected chi connectivity index (χ2v) is 18.9. The Morgan fingerprint density at radius 1 is 0.710 bits per heavy atom. The molecule has 374 valence electrons. The number of carbonyl (C=O) groups is 11. The van der Waals surface area contributed by atoms with E-state index in [9.17, 15) is 57.8 Å². The highest BCUT2D eigenvalue weighted by Crippen LogP contribution is 2.26. The first-order valence-corrected chi connectivity index (χ1v) is 24.3. The summed E-state index contributed by atoms with van der Waals surface area (Å²) in [4.78, 5) is 147. The molecule has 2 saturated heterocycles. The smallest absolute Gasteiger partial charge is 0.246 e. The summed E-state index contributed by atoms with van der Waals surface area (Å²) in [5.74, 6) is -10.0. The third-order valence-corrected chi connectivity index (χ3v) is 13.3. The fourth-order valence-electron chi connectivity index (χ4n) is 7.16. The van der Waals surface area contributed by atoms with Crippen molar-refractivity contribution in [2.75, 3.05) is 24.6 Å². The fraction of sp³-hybridized carbons (Fsp3) is 0.465. The number of benzene rings is 2. The van der Waals surface area contributed by atoms with Crippen molar-refractivity contribution >= 4 is 86.6 Å². The topological polar surface area (TPSA) is 400 Å². The van der Waals surface area contributed by atoms with Crippen LogP contribution in [-0.2, 0) is 65.6 Å². The minimum Gasteiger partial charge on any atom is -0.508 e. The number of phenols is 1. The molecule has 4 rings (SSSR count). The van der Waals surface area contributed by atoms with E-state index in [0.29, 0.717) is 17.5 Å². The predicted octanol–water partition coefficient (Wildman–Crippen LogP) is -4.44. The molecule has 24 nitrogen and oxygen atoms in total. The molecule has 0 bridgehead atoms. The van der Waals surface area contributed by atoms with Crippen LogP contribution in [0, 0.1) is 0 Å². The van der Waals surface area contributed by atoms with Gasteiger partial charge in [0.15, 0.2) is 0 Å². The summed E-state index contributed by atoms with van der Waals surface area (Å²) in [6, 6.07) is 3.15. The fourth-order valence-corrected chi connectivity index (χ4v) is 9.44. The van der Waals surface area contributed by atoms with Crippen LogP contribution in [0.3, 0.4) is 0 Å². The standard InChI is InChI=1S/C43H58N12O12S2/c1-22(36(60)48-19-35(47)59)49-42(66)32-8-5-15-55(32)43(67)31-21-69-68-20-26(44)37(61)51-28(17-24-9-11-25(56)12-10-24)40(64)52-29(16-23-6-3-2-4-7-23)39(63)50-27(13-14-33(45)57)38(62)53-30(18-34(46)58)41(65)54-31/h2-4,6-7,9-12,22,26-32,56H,5,8,13-21,44H2,1H3,(H2,45,57)(H2,46,58)(H2,47,59)(H,48,60)(H,49,66)(H,50,63)(H,51,61)(H,52,64)(H,53,62)(H,54,65)/t22?,26-,27-,28?,29-,30?,31?,32-/m0/s1. The van der Waals surface area contributed by atoms with E-state index in [1.54, 1.807) is 30.3 Å². The number of nitrogens with one attached hydrogen (secondary N) is 7. The van der Waals surface area contributed by atoms with Crippen LogP contribution < -0.4 is 60.2 Å². The molecule has 4 unspecified atom stereocenters. The number of phenolic OH excluding ortho intramolecular Hbond substituents is 1. The molecule has 2 fully saturated rings. The van der Waals surface area contributed by atoms with E-state index in [2.05, 4.69) is 37.2 Å². The van der Waals surface area contributed by atoms with Gasteiger partial charge in [-0.3, -0.25) is 52.7 Å². The number of hydrogen-bond acceptors (Lipinski definition) is 15. The molecule has 2 aliphatic rings. The van der Waals surface area contributed by atoms with Gasteiger partial charge in [0.05, 0.1) is 19.0 Å². The largest absolute Gasteiger partial charge is 0.508 e. The lowest BCUT2D eigenvalue weighted by molar-refractivity contribution is -0.142. The van der Waals surface area contributed by atoms with Gasteiger partial charge in [0, 0.05) is 37.3 Å². The maximum Gasteiger partial charge on any atom is 0.246 e. The van der Waals surface area contributed by atoms with Crippen molar-refractivity contribution in [1.29, 1.82) is 0 Å². The Kier molecular flexibility index (Phi) is 21.1. The highest BCUT2D eigenvalue weighted by molar-refractivity contribution is 8.76. The number of rotatable bonds is 15. The summed E-state index contributed by atoms with van der Waals surface area (Å²) < 4.78 is 0. The second kappa shape index (κ2) is 26.6. The van der Waals surface area contributed by atoms with Gasteiger partial charge in [-0.15, -0.1) is 0 Å². The molecule has 69 heavy (non-hydrogen) atoms. The summed E-state index contributed by atoms with van der Waals surface area (Å²) in [6.07, 6.45) is -1.43. The molecule has 0 aromatic heterocycles. The lowest BCUT2D eigenvalue weighted by Gasteiger charge is -2.30. The van der Waals surface area contributed by atoms with Crippen molar-refractivity contribution < 1.29 is 57.8 Å². The number of amides is 11. The lowest BCUT2D eigenvalue weighted by atomic mass is 10.0. The van der Waals surface area contributed by atoms with E-state index < -0.39 is 139 Å². The number of carbonyl (C=O) groups excluding carboxylic acids is 11. The normalized spacial score (nSPS) is 23.7. The van der Waals surface area contributed by atoms with Gasteiger partial charge in [-0.25, -0.2) is 0 Å². The Hall–Kier alpha value is -6.93. The first kappa shape index (κ1) is 54.7. The maximum atomic E-state index is 14.4. The minimum absolute atomic E-state index is 0.0429. The van der Waals surface area contributed by atoms with Gasteiger partial charge in [-0.1, -0.05) is 64.1 Å². The zero-order chi connectivity index (χ0) is 50.8. The molecule has 2 heterocycles. The first-order valence-electron chi connectivity index (χ1n) is 21.8. The lowest BCUT2D eigenvalue weighted by Crippen LogP contribution is -2.61. The van der Waals surface area contributed by atoms with Gasteiger partial charge in [-0.05, 0) is 49.4 Å². The summed E-state index contributed by atoms with van der Waals surface area (Å²) >= 11 is 0. The van der Waals surface area contributed by atoms with Gasteiger partial charge in [0.25, 0.3) is 0 Å². The van der Waals surface area contributed by atoms with Crippen LogP contribution in [-0.4, -0.2) is 148 Å². The quantitative estimate of drug-likeness (QED) is 0.0750.